The van der Waals surface area contributed by atoms with Crippen molar-refractivity contribution in [1.29, 1.82) is 0 Å². The van der Waals surface area contributed by atoms with Gasteiger partial charge in [-0.3, -0.25) is 9.59 Å². The Labute approximate surface area is 334 Å². The molecule has 56 heavy (non-hydrogen) atoms. The third-order valence-corrected chi connectivity index (χ3v) is 12.9. The van der Waals surface area contributed by atoms with Crippen LogP contribution in [0.4, 0.5) is 0 Å². The SMILES string of the molecule is CCCCC(=O)O[C@H]1[C@H](O[C@@H]2[C@@H](C)[C@H](O[C@H]3C[C@@](C)(OC)[C@@H](O)[C@H](C)O3)[C@@H](C)C(=O)O[C@H](CC)[C@@](C)(O)[C@H](O)[C@@H](C)C3=C(C)C[C@@]2(C)O3)O[C@H](C)C[C@@H]1N(C)C. The maximum Gasteiger partial charge on any atom is 0.311 e. The molecule has 14 nitrogen and oxygen atoms in total. The van der Waals surface area contributed by atoms with Gasteiger partial charge in [0.2, 0.25) is 0 Å². The molecular formula is C42H73NO13. The number of fused-ring (bicyclic) bond motifs is 2. The predicted octanol–water partition coefficient (Wildman–Crippen LogP) is 4.63. The molecule has 4 aliphatic heterocycles. The van der Waals surface area contributed by atoms with E-state index in [-0.39, 0.29) is 37.4 Å². The van der Waals surface area contributed by atoms with Crippen LogP contribution in [0.1, 0.15) is 121 Å². The molecule has 4 rings (SSSR count). The molecule has 4 heterocycles. The molecule has 0 aromatic carbocycles. The van der Waals surface area contributed by atoms with E-state index in [2.05, 4.69) is 0 Å². The van der Waals surface area contributed by atoms with Crippen molar-refractivity contribution in [3.05, 3.63) is 11.3 Å². The Morgan fingerprint density at radius 3 is 2.21 bits per heavy atom. The Hall–Kier alpha value is -1.88. The van der Waals surface area contributed by atoms with Gasteiger partial charge in [0, 0.05) is 38.2 Å². The van der Waals surface area contributed by atoms with Crippen LogP contribution in [0.15, 0.2) is 11.3 Å². The van der Waals surface area contributed by atoms with Gasteiger partial charge in [-0.05, 0) is 87.4 Å². The quantitative estimate of drug-likeness (QED) is 0.247. The fourth-order valence-corrected chi connectivity index (χ4v) is 9.37. The lowest BCUT2D eigenvalue weighted by atomic mass is 9.78. The van der Waals surface area contributed by atoms with Crippen molar-refractivity contribution in [3.8, 4) is 0 Å². The average molecular weight is 800 g/mol. The first kappa shape index (κ1) is 46.8. The maximum atomic E-state index is 14.3. The standard InChI is InChI=1S/C42H73NO13/c1-15-17-18-30(44)53-34-28(43(12)13)19-23(4)50-39(34)55-37-25(6)33(54-31-21-40(9,49-14)36(46)27(8)51-31)26(7)38(47)52-29(16-2)42(11,48)35(45)24(5)32-22(3)20-41(37,10)56-32/h23-29,31,33-37,39,45-46,48H,15-21H2,1-14H3/t23-,24+,25+,26-,27+,28+,29-,31+,33+,34-,35-,36+,37-,39+,40-,41-,42-/m1/s1. The van der Waals surface area contributed by atoms with Gasteiger partial charge < -0.3 is 58.1 Å². The smallest absolute Gasteiger partial charge is 0.311 e. The van der Waals surface area contributed by atoms with Gasteiger partial charge in [-0.1, -0.05) is 34.1 Å². The van der Waals surface area contributed by atoms with E-state index < -0.39 is 95.8 Å². The molecule has 0 aromatic heterocycles. The normalized spacial score (nSPS) is 45.4. The summed E-state index contributed by atoms with van der Waals surface area (Å²) in [7, 11) is 5.40. The highest BCUT2D eigenvalue weighted by molar-refractivity contribution is 5.73. The van der Waals surface area contributed by atoms with E-state index in [0.29, 0.717) is 25.0 Å². The first-order chi connectivity index (χ1) is 26.0. The molecule has 3 N–H and O–H groups in total. The fraction of sp³-hybridized carbons (Fsp3) is 0.905. The van der Waals surface area contributed by atoms with Gasteiger partial charge in [0.1, 0.15) is 35.3 Å². The van der Waals surface area contributed by atoms with Crippen LogP contribution in [0.3, 0.4) is 0 Å². The minimum Gasteiger partial charge on any atom is -0.489 e. The van der Waals surface area contributed by atoms with E-state index in [1.807, 2.05) is 53.6 Å². The minimum absolute atomic E-state index is 0.156. The van der Waals surface area contributed by atoms with Crippen molar-refractivity contribution >= 4 is 11.9 Å². The van der Waals surface area contributed by atoms with E-state index in [1.54, 1.807) is 34.6 Å². The van der Waals surface area contributed by atoms with Gasteiger partial charge in [-0.15, -0.1) is 0 Å². The summed E-state index contributed by atoms with van der Waals surface area (Å²) in [6, 6.07) is -0.230. The second kappa shape index (κ2) is 18.6. The highest BCUT2D eigenvalue weighted by Crippen LogP contribution is 2.47. The van der Waals surface area contributed by atoms with E-state index in [1.165, 1.54) is 14.0 Å². The Morgan fingerprint density at radius 2 is 1.62 bits per heavy atom. The van der Waals surface area contributed by atoms with Gasteiger partial charge in [-0.2, -0.15) is 0 Å². The van der Waals surface area contributed by atoms with Gasteiger partial charge >= 0.3 is 11.9 Å². The Balaban J connectivity index is 1.87. The molecule has 0 saturated carbocycles. The van der Waals surface area contributed by atoms with Crippen molar-refractivity contribution in [2.24, 2.45) is 17.8 Å². The lowest BCUT2D eigenvalue weighted by molar-refractivity contribution is -0.317. The van der Waals surface area contributed by atoms with Crippen molar-refractivity contribution in [1.82, 2.24) is 4.90 Å². The topological polar surface area (TPSA) is 172 Å². The monoisotopic (exact) mass is 800 g/mol. The Bertz CT molecular complexity index is 1370. The number of unbranched alkanes of at least 4 members (excludes halogenated alkanes) is 1. The third-order valence-electron chi connectivity index (χ3n) is 12.9. The zero-order chi connectivity index (χ0) is 42.1. The summed E-state index contributed by atoms with van der Waals surface area (Å²) in [6.07, 6.45) is -5.69. The highest BCUT2D eigenvalue weighted by atomic mass is 16.7. The molecule has 0 aliphatic carbocycles. The lowest BCUT2D eigenvalue weighted by Crippen LogP contribution is -2.61. The van der Waals surface area contributed by atoms with Crippen LogP contribution in [0, 0.1) is 17.8 Å². The number of rotatable bonds is 11. The summed E-state index contributed by atoms with van der Waals surface area (Å²) in [5.41, 5.74) is -3.10. The number of ether oxygens (including phenoxy) is 8. The van der Waals surface area contributed by atoms with Gasteiger partial charge in [0.25, 0.3) is 0 Å². The summed E-state index contributed by atoms with van der Waals surface area (Å²) in [5, 5.41) is 34.6. The molecule has 17 atom stereocenters. The molecule has 324 valence electrons. The second-order valence-electron chi connectivity index (χ2n) is 17.9. The molecule has 0 amide bonds. The van der Waals surface area contributed by atoms with Crippen LogP contribution in [-0.2, 0) is 47.5 Å². The van der Waals surface area contributed by atoms with Crippen molar-refractivity contribution in [2.45, 2.75) is 205 Å². The van der Waals surface area contributed by atoms with Crippen molar-refractivity contribution < 1.29 is 62.8 Å². The number of hydrogen-bond donors (Lipinski definition) is 3. The Morgan fingerprint density at radius 1 is 0.964 bits per heavy atom. The number of aliphatic hydroxyl groups excluding tert-OH is 2. The number of methoxy groups -OCH3 is 1. The molecule has 0 radical (unpaired) electrons. The van der Waals surface area contributed by atoms with E-state index >= 15 is 0 Å². The van der Waals surface area contributed by atoms with Crippen LogP contribution in [0.25, 0.3) is 0 Å². The molecule has 3 saturated heterocycles. The third kappa shape index (κ3) is 9.76. The second-order valence-corrected chi connectivity index (χ2v) is 17.9. The number of cyclic esters (lactones) is 1. The molecule has 0 spiro atoms. The number of hydrogen-bond acceptors (Lipinski definition) is 14. The predicted molar refractivity (Wildman–Crippen MR) is 207 cm³/mol. The number of esters is 2. The van der Waals surface area contributed by atoms with Crippen LogP contribution >= 0.6 is 0 Å². The van der Waals surface area contributed by atoms with Crippen LogP contribution < -0.4 is 0 Å². The summed E-state index contributed by atoms with van der Waals surface area (Å²) in [6.45, 7) is 20.0. The number of carbonyl (C=O) groups excluding carboxylic acids is 2. The number of nitrogens with zero attached hydrogens (tertiary/aromatic N) is 1. The van der Waals surface area contributed by atoms with E-state index in [0.717, 1.165) is 12.0 Å². The Kier molecular flexibility index (Phi) is 15.5. The first-order valence-corrected chi connectivity index (χ1v) is 20.8. The highest BCUT2D eigenvalue weighted by Gasteiger charge is 2.56. The van der Waals surface area contributed by atoms with Crippen molar-refractivity contribution in [3.63, 3.8) is 0 Å². The molecule has 4 aliphatic rings. The zero-order valence-electron chi connectivity index (χ0n) is 36.4. The summed E-state index contributed by atoms with van der Waals surface area (Å²) in [4.78, 5) is 29.6. The summed E-state index contributed by atoms with van der Waals surface area (Å²) < 4.78 is 51.8. The lowest BCUT2D eigenvalue weighted by Gasteiger charge is -2.49. The fourth-order valence-electron chi connectivity index (χ4n) is 9.37. The summed E-state index contributed by atoms with van der Waals surface area (Å²) >= 11 is 0. The van der Waals surface area contributed by atoms with Gasteiger partial charge in [0.15, 0.2) is 18.7 Å². The molecule has 3 fully saturated rings. The molecule has 0 aromatic rings. The number of carbonyl (C=O) groups is 2. The van der Waals surface area contributed by atoms with Gasteiger partial charge in [0.05, 0.1) is 42.0 Å². The van der Waals surface area contributed by atoms with Crippen LogP contribution in [0.5, 0.6) is 0 Å². The molecule has 2 bridgehead atoms. The van der Waals surface area contributed by atoms with E-state index in [4.69, 9.17) is 37.9 Å². The largest absolute Gasteiger partial charge is 0.489 e. The minimum atomic E-state index is -1.84. The van der Waals surface area contributed by atoms with E-state index in [9.17, 15) is 24.9 Å². The summed E-state index contributed by atoms with van der Waals surface area (Å²) in [5.74, 6) is -2.77. The molecule has 14 heteroatoms. The first-order valence-electron chi connectivity index (χ1n) is 20.8. The average Bonchev–Trinajstić information content (AvgIpc) is 3.45. The van der Waals surface area contributed by atoms with Crippen LogP contribution in [0.2, 0.25) is 0 Å². The molecular weight excluding hydrogens is 726 g/mol. The number of aliphatic hydroxyl groups is 3. The van der Waals surface area contributed by atoms with Gasteiger partial charge in [-0.25, -0.2) is 0 Å². The van der Waals surface area contributed by atoms with Crippen molar-refractivity contribution in [2.75, 3.05) is 21.2 Å². The zero-order valence-corrected chi connectivity index (χ0v) is 36.4. The maximum absolute atomic E-state index is 14.3. The number of likely N-dealkylation sites (N-methyl/N-ethyl adjacent to an activating group) is 1. The molecule has 0 unspecified atom stereocenters. The van der Waals surface area contributed by atoms with Crippen LogP contribution in [-0.4, -0.2) is 138 Å².